The Balaban J connectivity index is 3.93. The minimum Gasteiger partial charge on any atom is -0.303 e. The van der Waals surface area contributed by atoms with Gasteiger partial charge in [0.15, 0.2) is 0 Å². The van der Waals surface area contributed by atoms with Gasteiger partial charge >= 0.3 is 0 Å². The molecule has 0 aromatic heterocycles. The van der Waals surface area contributed by atoms with Crippen molar-refractivity contribution in [3.63, 3.8) is 0 Å². The summed E-state index contributed by atoms with van der Waals surface area (Å²) < 4.78 is 2.38. The zero-order chi connectivity index (χ0) is 11.0. The topological polar surface area (TPSA) is 20.3 Å². The Bertz CT molecular complexity index is 146. The van der Waals surface area contributed by atoms with Crippen LogP contribution in [0.15, 0.2) is 0 Å². The lowest BCUT2D eigenvalue weighted by Gasteiger charge is -2.25. The second kappa shape index (κ2) is 8.30. The largest absolute Gasteiger partial charge is 0.303 e. The van der Waals surface area contributed by atoms with Crippen LogP contribution in [-0.2, 0) is 4.79 Å². The van der Waals surface area contributed by atoms with Crippen LogP contribution in [0.2, 0.25) is 0 Å². The molecule has 0 aromatic rings. The predicted octanol–water partition coefficient (Wildman–Crippen LogP) is 2.98. The van der Waals surface area contributed by atoms with E-state index in [1.807, 2.05) is 18.9 Å². The lowest BCUT2D eigenvalue weighted by Crippen LogP contribution is -2.24. The average Bonchev–Trinajstić information content (AvgIpc) is 2.17. The SMILES string of the molecule is CCCN(CCC)SC(C)[C@H](C)C=O. The second-order valence-electron chi connectivity index (χ2n) is 3.73. The van der Waals surface area contributed by atoms with Gasteiger partial charge < -0.3 is 4.79 Å². The fourth-order valence-electron chi connectivity index (χ4n) is 1.16. The molecule has 0 heterocycles. The van der Waals surface area contributed by atoms with Crippen molar-refractivity contribution < 1.29 is 4.79 Å². The zero-order valence-electron chi connectivity index (χ0n) is 9.82. The molecular formula is C11H23NOS. The predicted molar refractivity (Wildman–Crippen MR) is 64.4 cm³/mol. The Labute approximate surface area is 92.6 Å². The lowest BCUT2D eigenvalue weighted by molar-refractivity contribution is -0.110. The van der Waals surface area contributed by atoms with Crippen LogP contribution < -0.4 is 0 Å². The fraction of sp³-hybridized carbons (Fsp3) is 0.909. The van der Waals surface area contributed by atoms with Crippen LogP contribution in [0.25, 0.3) is 0 Å². The van der Waals surface area contributed by atoms with E-state index in [9.17, 15) is 4.79 Å². The summed E-state index contributed by atoms with van der Waals surface area (Å²) in [6, 6.07) is 0. The van der Waals surface area contributed by atoms with Crippen molar-refractivity contribution in [3.05, 3.63) is 0 Å². The summed E-state index contributed by atoms with van der Waals surface area (Å²) in [6.45, 7) is 10.7. The first-order valence-corrected chi connectivity index (χ1v) is 6.36. The number of carbonyl (C=O) groups is 1. The molecule has 0 fully saturated rings. The normalized spacial score (nSPS) is 15.5. The van der Waals surface area contributed by atoms with Gasteiger partial charge in [-0.3, -0.25) is 4.31 Å². The Morgan fingerprint density at radius 1 is 1.21 bits per heavy atom. The summed E-state index contributed by atoms with van der Waals surface area (Å²) in [5.74, 6) is 0.149. The standard InChI is InChI=1S/C11H23NOS/c1-5-7-12(8-6-2)14-11(4)10(3)9-13/h9-11H,5-8H2,1-4H3/t10-,11?/m1/s1. The molecule has 0 aliphatic heterocycles. The molecule has 0 amide bonds. The maximum absolute atomic E-state index is 10.6. The summed E-state index contributed by atoms with van der Waals surface area (Å²) in [6.07, 6.45) is 3.40. The van der Waals surface area contributed by atoms with Gasteiger partial charge in [0.05, 0.1) is 0 Å². The van der Waals surface area contributed by atoms with Gasteiger partial charge in [-0.05, 0) is 12.8 Å². The first-order valence-electron chi connectivity index (χ1n) is 5.52. The van der Waals surface area contributed by atoms with Crippen LogP contribution in [0.5, 0.6) is 0 Å². The van der Waals surface area contributed by atoms with Crippen molar-refractivity contribution >= 4 is 18.2 Å². The third kappa shape index (κ3) is 5.66. The van der Waals surface area contributed by atoms with E-state index in [1.54, 1.807) is 0 Å². The number of nitrogens with zero attached hydrogens (tertiary/aromatic N) is 1. The summed E-state index contributed by atoms with van der Waals surface area (Å²) in [5.41, 5.74) is 0. The molecule has 0 aromatic carbocycles. The van der Waals surface area contributed by atoms with Gasteiger partial charge in [0.2, 0.25) is 0 Å². The van der Waals surface area contributed by atoms with E-state index in [0.29, 0.717) is 5.25 Å². The minimum atomic E-state index is 0.149. The molecule has 0 saturated heterocycles. The molecular weight excluding hydrogens is 194 g/mol. The maximum atomic E-state index is 10.6. The summed E-state index contributed by atoms with van der Waals surface area (Å²) in [4.78, 5) is 10.6. The van der Waals surface area contributed by atoms with Crippen molar-refractivity contribution in [2.24, 2.45) is 5.92 Å². The highest BCUT2D eigenvalue weighted by atomic mass is 32.2. The highest BCUT2D eigenvalue weighted by Gasteiger charge is 2.15. The van der Waals surface area contributed by atoms with Gasteiger partial charge in [0.25, 0.3) is 0 Å². The number of aldehydes is 1. The van der Waals surface area contributed by atoms with E-state index in [0.717, 1.165) is 19.4 Å². The molecule has 0 aliphatic rings. The molecule has 0 saturated carbocycles. The smallest absolute Gasteiger partial charge is 0.123 e. The molecule has 2 nitrogen and oxygen atoms in total. The third-order valence-corrected chi connectivity index (χ3v) is 3.64. The van der Waals surface area contributed by atoms with Gasteiger partial charge in [-0.15, -0.1) is 0 Å². The van der Waals surface area contributed by atoms with E-state index < -0.39 is 0 Å². The molecule has 84 valence electrons. The first-order chi connectivity index (χ1) is 6.65. The molecule has 0 rings (SSSR count). The van der Waals surface area contributed by atoms with E-state index in [-0.39, 0.29) is 5.92 Å². The van der Waals surface area contributed by atoms with E-state index >= 15 is 0 Å². The molecule has 1 unspecified atom stereocenters. The molecule has 0 bridgehead atoms. The number of rotatable bonds is 8. The quantitative estimate of drug-likeness (QED) is 0.460. The highest BCUT2D eigenvalue weighted by Crippen LogP contribution is 2.22. The van der Waals surface area contributed by atoms with Crippen molar-refractivity contribution in [2.75, 3.05) is 13.1 Å². The van der Waals surface area contributed by atoms with Crippen molar-refractivity contribution in [3.8, 4) is 0 Å². The van der Waals surface area contributed by atoms with E-state index in [1.165, 1.54) is 12.8 Å². The van der Waals surface area contributed by atoms with Gasteiger partial charge in [0, 0.05) is 24.3 Å². The monoisotopic (exact) mass is 217 g/mol. The third-order valence-electron chi connectivity index (χ3n) is 2.22. The zero-order valence-corrected chi connectivity index (χ0v) is 10.6. The molecule has 2 atom stereocenters. The van der Waals surface area contributed by atoms with Crippen molar-refractivity contribution in [2.45, 2.75) is 45.8 Å². The summed E-state index contributed by atoms with van der Waals surface area (Å²) >= 11 is 1.83. The number of carbonyl (C=O) groups excluding carboxylic acids is 1. The van der Waals surface area contributed by atoms with Gasteiger partial charge in [0.1, 0.15) is 6.29 Å². The molecule has 3 heteroatoms. The molecule has 0 radical (unpaired) electrons. The molecule has 14 heavy (non-hydrogen) atoms. The van der Waals surface area contributed by atoms with Crippen LogP contribution in [-0.4, -0.2) is 28.9 Å². The van der Waals surface area contributed by atoms with E-state index in [4.69, 9.17) is 0 Å². The Morgan fingerprint density at radius 2 is 1.71 bits per heavy atom. The van der Waals surface area contributed by atoms with Crippen molar-refractivity contribution in [1.29, 1.82) is 0 Å². The van der Waals surface area contributed by atoms with Crippen LogP contribution in [0.3, 0.4) is 0 Å². The maximum Gasteiger partial charge on any atom is 0.123 e. The van der Waals surface area contributed by atoms with E-state index in [2.05, 4.69) is 25.1 Å². The fourth-order valence-corrected chi connectivity index (χ4v) is 2.46. The lowest BCUT2D eigenvalue weighted by atomic mass is 10.1. The average molecular weight is 217 g/mol. The number of hydrogen-bond acceptors (Lipinski definition) is 3. The first kappa shape index (κ1) is 14.0. The Morgan fingerprint density at radius 3 is 2.07 bits per heavy atom. The minimum absolute atomic E-state index is 0.149. The summed E-state index contributed by atoms with van der Waals surface area (Å²) in [7, 11) is 0. The molecule has 0 N–H and O–H groups in total. The van der Waals surface area contributed by atoms with Crippen LogP contribution in [0.1, 0.15) is 40.5 Å². The molecule has 0 aliphatic carbocycles. The van der Waals surface area contributed by atoms with Crippen molar-refractivity contribution in [1.82, 2.24) is 4.31 Å². The second-order valence-corrected chi connectivity index (χ2v) is 5.21. The van der Waals surface area contributed by atoms with Gasteiger partial charge in [-0.1, -0.05) is 39.6 Å². The van der Waals surface area contributed by atoms with Gasteiger partial charge in [-0.2, -0.15) is 0 Å². The van der Waals surface area contributed by atoms with Crippen LogP contribution in [0.4, 0.5) is 0 Å². The summed E-state index contributed by atoms with van der Waals surface area (Å²) in [5, 5.41) is 0.394. The highest BCUT2D eigenvalue weighted by molar-refractivity contribution is 7.97. The van der Waals surface area contributed by atoms with Gasteiger partial charge in [-0.25, -0.2) is 0 Å². The van der Waals surface area contributed by atoms with Crippen LogP contribution >= 0.6 is 11.9 Å². The molecule has 0 spiro atoms. The van der Waals surface area contributed by atoms with Crippen LogP contribution in [0, 0.1) is 5.92 Å². The Kier molecular flexibility index (Phi) is 8.29. The number of hydrogen-bond donors (Lipinski definition) is 0. The Hall–Kier alpha value is -0.0200.